The number of nitrogens with one attached hydrogen (secondary N) is 1. The SMILES string of the molecule is Cc1cc2c(cc1Cc1ccc(C(=O)Nc3ccccc3N3CCOCC3)o1)C(C)(C)CCC2(C)C. The quantitative estimate of drug-likeness (QED) is 0.440. The number of para-hydroxylation sites is 2. The van der Waals surface area contributed by atoms with Gasteiger partial charge in [0.05, 0.1) is 24.6 Å². The van der Waals surface area contributed by atoms with E-state index in [1.54, 1.807) is 6.07 Å². The van der Waals surface area contributed by atoms with Crippen LogP contribution in [-0.2, 0) is 22.0 Å². The number of morpholine rings is 1. The van der Waals surface area contributed by atoms with Gasteiger partial charge in [0, 0.05) is 19.5 Å². The van der Waals surface area contributed by atoms with Crippen molar-refractivity contribution < 1.29 is 13.9 Å². The van der Waals surface area contributed by atoms with Crippen LogP contribution in [0.2, 0.25) is 0 Å². The summed E-state index contributed by atoms with van der Waals surface area (Å²) in [6.07, 6.45) is 3.07. The predicted molar refractivity (Wildman–Crippen MR) is 145 cm³/mol. The van der Waals surface area contributed by atoms with E-state index in [0.29, 0.717) is 25.4 Å². The highest BCUT2D eigenvalue weighted by atomic mass is 16.5. The van der Waals surface area contributed by atoms with Crippen molar-refractivity contribution in [2.45, 2.75) is 64.7 Å². The van der Waals surface area contributed by atoms with E-state index in [0.717, 1.165) is 30.2 Å². The Kier molecular flexibility index (Phi) is 6.46. The Morgan fingerprint density at radius 3 is 2.33 bits per heavy atom. The van der Waals surface area contributed by atoms with Gasteiger partial charge in [-0.25, -0.2) is 0 Å². The van der Waals surface area contributed by atoms with Gasteiger partial charge in [0.1, 0.15) is 5.76 Å². The molecule has 1 amide bonds. The fourth-order valence-electron chi connectivity index (χ4n) is 5.58. The van der Waals surface area contributed by atoms with E-state index in [1.165, 1.54) is 35.1 Å². The van der Waals surface area contributed by atoms with Gasteiger partial charge < -0.3 is 19.4 Å². The summed E-state index contributed by atoms with van der Waals surface area (Å²) in [5.74, 6) is 0.906. The lowest BCUT2D eigenvalue weighted by molar-refractivity contribution is 0.0995. The summed E-state index contributed by atoms with van der Waals surface area (Å²) in [5.41, 5.74) is 7.62. The summed E-state index contributed by atoms with van der Waals surface area (Å²) in [6.45, 7) is 14.6. The van der Waals surface area contributed by atoms with E-state index in [4.69, 9.17) is 9.15 Å². The summed E-state index contributed by atoms with van der Waals surface area (Å²) in [4.78, 5) is 15.3. The highest BCUT2D eigenvalue weighted by molar-refractivity contribution is 6.04. The molecule has 2 aliphatic rings. The minimum Gasteiger partial charge on any atom is -0.456 e. The van der Waals surface area contributed by atoms with Gasteiger partial charge in [-0.3, -0.25) is 4.79 Å². The molecule has 2 aromatic carbocycles. The molecule has 1 aliphatic carbocycles. The van der Waals surface area contributed by atoms with E-state index >= 15 is 0 Å². The molecule has 5 rings (SSSR count). The molecule has 5 heteroatoms. The standard InChI is InChI=1S/C31H38N2O3/c1-21-18-24-25(31(4,5)13-12-30(24,2)3)20-22(21)19-23-10-11-28(36-23)29(34)32-26-8-6-7-9-27(26)33-14-16-35-17-15-33/h6-11,18,20H,12-17,19H2,1-5H3,(H,32,34). The van der Waals surface area contributed by atoms with Crippen LogP contribution in [0.25, 0.3) is 0 Å². The zero-order valence-electron chi connectivity index (χ0n) is 22.2. The van der Waals surface area contributed by atoms with E-state index in [9.17, 15) is 4.79 Å². The molecule has 1 saturated heterocycles. The number of carbonyl (C=O) groups is 1. The van der Waals surface area contributed by atoms with Crippen LogP contribution in [0.15, 0.2) is 52.9 Å². The molecular formula is C31H38N2O3. The van der Waals surface area contributed by atoms with Crippen LogP contribution in [0.5, 0.6) is 0 Å². The van der Waals surface area contributed by atoms with Crippen LogP contribution in [0.4, 0.5) is 11.4 Å². The van der Waals surface area contributed by atoms with Gasteiger partial charge in [-0.1, -0.05) is 52.0 Å². The predicted octanol–water partition coefficient (Wildman–Crippen LogP) is 6.62. The second-order valence-corrected chi connectivity index (χ2v) is 11.6. The number of amides is 1. The molecule has 1 fully saturated rings. The van der Waals surface area contributed by atoms with Crippen molar-refractivity contribution in [3.8, 4) is 0 Å². The number of benzene rings is 2. The Balaban J connectivity index is 1.34. The van der Waals surface area contributed by atoms with Gasteiger partial charge >= 0.3 is 0 Å². The maximum atomic E-state index is 13.1. The maximum Gasteiger partial charge on any atom is 0.291 e. The number of aryl methyl sites for hydroxylation is 1. The minimum absolute atomic E-state index is 0.162. The number of carbonyl (C=O) groups excluding carboxylic acids is 1. The molecular weight excluding hydrogens is 448 g/mol. The lowest BCUT2D eigenvalue weighted by Gasteiger charge is -2.42. The zero-order valence-corrected chi connectivity index (χ0v) is 22.2. The first kappa shape index (κ1) is 24.6. The fraction of sp³-hybridized carbons (Fsp3) is 0.452. The Morgan fingerprint density at radius 2 is 1.61 bits per heavy atom. The highest BCUT2D eigenvalue weighted by Crippen LogP contribution is 2.46. The Labute approximate surface area is 214 Å². The molecule has 0 saturated carbocycles. The monoisotopic (exact) mass is 486 g/mol. The average Bonchev–Trinajstić information content (AvgIpc) is 3.33. The van der Waals surface area contributed by atoms with Crippen LogP contribution < -0.4 is 10.2 Å². The molecule has 1 aliphatic heterocycles. The second-order valence-electron chi connectivity index (χ2n) is 11.6. The second kappa shape index (κ2) is 9.44. The van der Waals surface area contributed by atoms with Crippen molar-refractivity contribution in [2.75, 3.05) is 36.5 Å². The molecule has 1 aromatic heterocycles. The van der Waals surface area contributed by atoms with Gasteiger partial charge in [-0.05, 0) is 77.1 Å². The van der Waals surface area contributed by atoms with Crippen molar-refractivity contribution in [2.24, 2.45) is 0 Å². The number of ether oxygens (including phenoxy) is 1. The molecule has 1 N–H and O–H groups in total. The number of furan rings is 1. The van der Waals surface area contributed by atoms with Crippen molar-refractivity contribution in [3.63, 3.8) is 0 Å². The molecule has 0 spiro atoms. The van der Waals surface area contributed by atoms with E-state index in [1.807, 2.05) is 30.3 Å². The summed E-state index contributed by atoms with van der Waals surface area (Å²) >= 11 is 0. The molecule has 2 heterocycles. The summed E-state index contributed by atoms with van der Waals surface area (Å²) in [7, 11) is 0. The van der Waals surface area contributed by atoms with Gasteiger partial charge in [-0.2, -0.15) is 0 Å². The highest BCUT2D eigenvalue weighted by Gasteiger charge is 2.37. The first-order chi connectivity index (χ1) is 17.1. The average molecular weight is 487 g/mol. The van der Waals surface area contributed by atoms with E-state index in [-0.39, 0.29) is 16.7 Å². The normalized spacial score (nSPS) is 18.5. The van der Waals surface area contributed by atoms with Crippen molar-refractivity contribution >= 4 is 17.3 Å². The minimum atomic E-state index is -0.230. The lowest BCUT2D eigenvalue weighted by Crippen LogP contribution is -2.36. The van der Waals surface area contributed by atoms with Gasteiger partial charge in [0.15, 0.2) is 5.76 Å². The van der Waals surface area contributed by atoms with Crippen molar-refractivity contribution in [1.82, 2.24) is 0 Å². The van der Waals surface area contributed by atoms with Gasteiger partial charge in [0.2, 0.25) is 0 Å². The third kappa shape index (κ3) is 4.81. The molecule has 0 atom stereocenters. The van der Waals surface area contributed by atoms with Crippen molar-refractivity contribution in [3.05, 3.63) is 82.3 Å². The number of hydrogen-bond acceptors (Lipinski definition) is 4. The van der Waals surface area contributed by atoms with Crippen LogP contribution in [0.1, 0.15) is 79.1 Å². The molecule has 0 bridgehead atoms. The van der Waals surface area contributed by atoms with Crippen LogP contribution in [0, 0.1) is 6.92 Å². The molecule has 190 valence electrons. The number of hydrogen-bond donors (Lipinski definition) is 1. The summed E-state index contributed by atoms with van der Waals surface area (Å²) < 4.78 is 11.5. The molecule has 0 unspecified atom stereocenters. The largest absolute Gasteiger partial charge is 0.456 e. The number of nitrogens with zero attached hydrogens (tertiary/aromatic N) is 1. The third-order valence-corrected chi connectivity index (χ3v) is 8.06. The third-order valence-electron chi connectivity index (χ3n) is 8.06. The van der Waals surface area contributed by atoms with Gasteiger partial charge in [-0.15, -0.1) is 0 Å². The molecule has 0 radical (unpaired) electrons. The Bertz CT molecular complexity index is 1260. The first-order valence-corrected chi connectivity index (χ1v) is 13.1. The molecule has 36 heavy (non-hydrogen) atoms. The van der Waals surface area contributed by atoms with E-state index < -0.39 is 0 Å². The Morgan fingerprint density at radius 1 is 0.944 bits per heavy atom. The first-order valence-electron chi connectivity index (χ1n) is 13.1. The van der Waals surface area contributed by atoms with Gasteiger partial charge in [0.25, 0.3) is 5.91 Å². The smallest absolute Gasteiger partial charge is 0.291 e. The summed E-state index contributed by atoms with van der Waals surface area (Å²) in [6, 6.07) is 16.4. The fourth-order valence-corrected chi connectivity index (χ4v) is 5.58. The van der Waals surface area contributed by atoms with Crippen molar-refractivity contribution in [1.29, 1.82) is 0 Å². The van der Waals surface area contributed by atoms with E-state index in [2.05, 4.69) is 57.0 Å². The van der Waals surface area contributed by atoms with Crippen LogP contribution in [0.3, 0.4) is 0 Å². The lowest BCUT2D eigenvalue weighted by atomic mass is 9.62. The topological polar surface area (TPSA) is 54.7 Å². The number of anilines is 2. The molecule has 3 aromatic rings. The zero-order chi connectivity index (χ0) is 25.5. The number of rotatable bonds is 5. The molecule has 5 nitrogen and oxygen atoms in total. The number of fused-ring (bicyclic) bond motifs is 1. The summed E-state index contributed by atoms with van der Waals surface area (Å²) in [5, 5.41) is 3.06. The van der Waals surface area contributed by atoms with Crippen LogP contribution >= 0.6 is 0 Å². The maximum absolute atomic E-state index is 13.1. The Hall–Kier alpha value is -3.05. The van der Waals surface area contributed by atoms with Crippen LogP contribution in [-0.4, -0.2) is 32.2 Å².